The largest absolute Gasteiger partial charge is 0.288 e. The van der Waals surface area contributed by atoms with Crippen molar-refractivity contribution < 1.29 is 30.4 Å². The lowest BCUT2D eigenvalue weighted by Gasteiger charge is -2.31. The van der Waals surface area contributed by atoms with Crippen LogP contribution in [-0.4, -0.2) is 80.8 Å². The number of carbonyl (C=O) groups excluding carboxylic acids is 2. The summed E-state index contributed by atoms with van der Waals surface area (Å²) in [7, 11) is 4.30. The van der Waals surface area contributed by atoms with E-state index in [0.29, 0.717) is 20.3 Å². The molecule has 0 amide bonds. The molecule has 0 aliphatic heterocycles. The van der Waals surface area contributed by atoms with Crippen LogP contribution < -0.4 is 0 Å². The van der Waals surface area contributed by atoms with Crippen molar-refractivity contribution in [1.29, 1.82) is 0 Å². The lowest BCUT2D eigenvalue weighted by atomic mass is 9.98. The fourth-order valence-corrected chi connectivity index (χ4v) is 1.86. The van der Waals surface area contributed by atoms with Crippen LogP contribution in [0.25, 0.3) is 0 Å². The topological polar surface area (TPSA) is 128 Å². The van der Waals surface area contributed by atoms with Crippen LogP contribution in [0.5, 0.6) is 0 Å². The molecule has 0 fully saturated rings. The van der Waals surface area contributed by atoms with E-state index in [9.17, 15) is 30.4 Å². The molecule has 0 saturated heterocycles. The van der Waals surface area contributed by atoms with Crippen LogP contribution in [0.4, 0.5) is 0 Å². The Balaban J connectivity index is 3.63. The minimum absolute atomic E-state index is 0.347. The summed E-state index contributed by atoms with van der Waals surface area (Å²) in [6.45, 7) is 0. The lowest BCUT2D eigenvalue weighted by Crippen LogP contribution is -2.43. The molecule has 112 valence electrons. The van der Waals surface area contributed by atoms with Gasteiger partial charge in [-0.2, -0.15) is 0 Å². The third-order valence-electron chi connectivity index (χ3n) is 2.60. The smallest absolute Gasteiger partial charge is 0.234 e. The fraction of sp³-hybridized carbons (Fsp3) is 0.400. The third-order valence-corrected chi connectivity index (χ3v) is 2.60. The van der Waals surface area contributed by atoms with Crippen molar-refractivity contribution in [2.75, 3.05) is 28.2 Å². The maximum atomic E-state index is 12.2. The van der Waals surface area contributed by atoms with Gasteiger partial charge in [0.1, 0.15) is 22.8 Å². The number of hydrogen-bond acceptors (Lipinski definition) is 10. The van der Waals surface area contributed by atoms with Crippen LogP contribution >= 0.6 is 0 Å². The molecular formula is C10H16N4O6. The second-order valence-electron chi connectivity index (χ2n) is 4.15. The molecule has 10 nitrogen and oxygen atoms in total. The Kier molecular flexibility index (Phi) is 4.35. The number of Topliss-reactive ketones (excluding diaryl/α,β-unsaturated/α-hetero) is 2. The summed E-state index contributed by atoms with van der Waals surface area (Å²) in [4.78, 5) is 24.5. The van der Waals surface area contributed by atoms with E-state index in [1.165, 1.54) is 0 Å². The van der Waals surface area contributed by atoms with Crippen molar-refractivity contribution in [3.8, 4) is 0 Å². The number of carbonyl (C=O) groups is 2. The molecule has 10 heteroatoms. The Morgan fingerprint density at radius 2 is 0.700 bits per heavy atom. The highest BCUT2D eigenvalue weighted by atomic mass is 16.5. The quantitative estimate of drug-likeness (QED) is 0.371. The lowest BCUT2D eigenvalue weighted by molar-refractivity contribution is -0.140. The number of nitrogens with zero attached hydrogens (tertiary/aromatic N) is 4. The molecule has 0 saturated carbocycles. The van der Waals surface area contributed by atoms with Gasteiger partial charge in [0, 0.05) is 28.2 Å². The Hall–Kier alpha value is -2.14. The average molecular weight is 288 g/mol. The van der Waals surface area contributed by atoms with Gasteiger partial charge < -0.3 is 0 Å². The summed E-state index contributed by atoms with van der Waals surface area (Å²) in [6.07, 6.45) is 0. The molecule has 1 rings (SSSR count). The zero-order chi connectivity index (χ0) is 15.8. The number of ketones is 2. The van der Waals surface area contributed by atoms with Gasteiger partial charge >= 0.3 is 0 Å². The molecule has 1 aliphatic rings. The normalized spacial score (nSPS) is 15.8. The molecule has 0 aromatic heterocycles. The fourth-order valence-electron chi connectivity index (χ4n) is 1.86. The Morgan fingerprint density at radius 1 is 0.550 bits per heavy atom. The first-order chi connectivity index (χ1) is 9.11. The molecule has 0 atom stereocenters. The van der Waals surface area contributed by atoms with Gasteiger partial charge in [-0.3, -0.25) is 50.7 Å². The third kappa shape index (κ3) is 2.44. The van der Waals surface area contributed by atoms with Crippen LogP contribution in [0.15, 0.2) is 22.8 Å². The summed E-state index contributed by atoms with van der Waals surface area (Å²) in [6, 6.07) is 0. The second kappa shape index (κ2) is 5.46. The van der Waals surface area contributed by atoms with Crippen molar-refractivity contribution in [3.05, 3.63) is 22.8 Å². The Labute approximate surface area is 114 Å². The Bertz CT molecular complexity index is 420. The van der Waals surface area contributed by atoms with Crippen molar-refractivity contribution in [1.82, 2.24) is 20.3 Å². The van der Waals surface area contributed by atoms with Gasteiger partial charge in [-0.15, -0.1) is 0 Å². The van der Waals surface area contributed by atoms with Crippen molar-refractivity contribution in [2.45, 2.75) is 0 Å². The molecule has 0 aromatic rings. The molecule has 0 spiro atoms. The summed E-state index contributed by atoms with van der Waals surface area (Å²) < 4.78 is 0. The predicted molar refractivity (Wildman–Crippen MR) is 62.3 cm³/mol. The minimum Gasteiger partial charge on any atom is -0.288 e. The standard InChI is InChI=1S/C10H16N4O6/c1-11(17)5-6(12(2)18)10(16)8(14(4)20)7(9(5)15)13(3)19/h17-20H,1-4H3. The second-order valence-corrected chi connectivity index (χ2v) is 4.15. The first-order valence-corrected chi connectivity index (χ1v) is 5.39. The summed E-state index contributed by atoms with van der Waals surface area (Å²) in [5.41, 5.74) is -2.16. The van der Waals surface area contributed by atoms with Gasteiger partial charge in [0.05, 0.1) is 0 Å². The average Bonchev–Trinajstić information content (AvgIpc) is 2.28. The summed E-state index contributed by atoms with van der Waals surface area (Å²) in [5.74, 6) is -1.90. The van der Waals surface area contributed by atoms with Gasteiger partial charge in [-0.05, 0) is 0 Å². The van der Waals surface area contributed by atoms with Gasteiger partial charge in [-0.1, -0.05) is 0 Å². The van der Waals surface area contributed by atoms with Crippen molar-refractivity contribution in [3.63, 3.8) is 0 Å². The first kappa shape index (κ1) is 15.9. The van der Waals surface area contributed by atoms with E-state index in [1.54, 1.807) is 0 Å². The van der Waals surface area contributed by atoms with Gasteiger partial charge in [0.15, 0.2) is 0 Å². The molecule has 0 unspecified atom stereocenters. The molecule has 0 aromatic carbocycles. The maximum Gasteiger partial charge on any atom is 0.234 e. The van der Waals surface area contributed by atoms with E-state index < -0.39 is 34.4 Å². The maximum absolute atomic E-state index is 12.2. The number of rotatable bonds is 4. The van der Waals surface area contributed by atoms with Crippen LogP contribution in [-0.2, 0) is 9.59 Å². The molecular weight excluding hydrogens is 272 g/mol. The van der Waals surface area contributed by atoms with E-state index >= 15 is 0 Å². The number of hydrogen-bond donors (Lipinski definition) is 4. The molecule has 0 bridgehead atoms. The predicted octanol–water partition coefficient (Wildman–Crippen LogP) is -1.15. The Morgan fingerprint density at radius 3 is 0.800 bits per heavy atom. The monoisotopic (exact) mass is 288 g/mol. The van der Waals surface area contributed by atoms with E-state index in [-0.39, 0.29) is 0 Å². The van der Waals surface area contributed by atoms with E-state index in [0.717, 1.165) is 28.2 Å². The molecule has 20 heavy (non-hydrogen) atoms. The number of likely N-dealkylation sites (N-methyl/N-ethyl adjacent to an activating group) is 4. The summed E-state index contributed by atoms with van der Waals surface area (Å²) in [5, 5.41) is 39.3. The highest BCUT2D eigenvalue weighted by molar-refractivity contribution is 6.23. The van der Waals surface area contributed by atoms with Crippen molar-refractivity contribution >= 4 is 11.6 Å². The van der Waals surface area contributed by atoms with Gasteiger partial charge in [0.25, 0.3) is 0 Å². The van der Waals surface area contributed by atoms with Crippen LogP contribution in [0.1, 0.15) is 0 Å². The van der Waals surface area contributed by atoms with Crippen LogP contribution in [0.2, 0.25) is 0 Å². The van der Waals surface area contributed by atoms with Gasteiger partial charge in [-0.25, -0.2) is 0 Å². The van der Waals surface area contributed by atoms with Crippen molar-refractivity contribution in [2.24, 2.45) is 0 Å². The molecule has 1 aliphatic carbocycles. The van der Waals surface area contributed by atoms with Crippen LogP contribution in [0, 0.1) is 0 Å². The van der Waals surface area contributed by atoms with Gasteiger partial charge in [0.2, 0.25) is 11.6 Å². The van der Waals surface area contributed by atoms with E-state index in [1.807, 2.05) is 0 Å². The zero-order valence-electron chi connectivity index (χ0n) is 11.4. The highest BCUT2D eigenvalue weighted by Gasteiger charge is 2.41. The SMILES string of the molecule is CN(O)C1=C(N(C)O)C(=O)C(N(C)O)=C(N(C)O)C1=O. The van der Waals surface area contributed by atoms with E-state index in [2.05, 4.69) is 0 Å². The molecule has 0 heterocycles. The first-order valence-electron chi connectivity index (χ1n) is 5.39. The van der Waals surface area contributed by atoms with Crippen LogP contribution in [0.3, 0.4) is 0 Å². The zero-order valence-corrected chi connectivity index (χ0v) is 11.4. The minimum atomic E-state index is -0.952. The number of hydroxylamine groups is 8. The molecule has 4 N–H and O–H groups in total. The summed E-state index contributed by atoms with van der Waals surface area (Å²) >= 11 is 0. The van der Waals surface area contributed by atoms with E-state index in [4.69, 9.17) is 0 Å². The molecule has 0 radical (unpaired) electrons. The highest BCUT2D eigenvalue weighted by Crippen LogP contribution is 2.28.